The van der Waals surface area contributed by atoms with E-state index in [2.05, 4.69) is 15.0 Å². The SMILES string of the molecule is Cc1cc(C)c(Sc2nc(SCC(F)(F)F)nc(SCC(F)(F)F)n2)c(C)c1. The van der Waals surface area contributed by atoms with Crippen LogP contribution in [0, 0.1) is 20.8 Å². The smallest absolute Gasteiger partial charge is 0.196 e. The summed E-state index contributed by atoms with van der Waals surface area (Å²) in [5, 5.41) is -0.469. The van der Waals surface area contributed by atoms with Gasteiger partial charge in [0.1, 0.15) is 0 Å². The molecule has 0 aliphatic heterocycles. The standard InChI is InChI=1S/C16H15F6N3S3/c1-8-4-9(2)11(10(3)5-8)28-14-24-12(26-6-15(17,18)19)23-13(25-14)27-7-16(20,21)22/h4-5H,6-7H2,1-3H3. The van der Waals surface area contributed by atoms with E-state index >= 15 is 0 Å². The minimum Gasteiger partial charge on any atom is -0.196 e. The monoisotopic (exact) mass is 459 g/mol. The van der Waals surface area contributed by atoms with Crippen LogP contribution in [0.15, 0.2) is 32.5 Å². The van der Waals surface area contributed by atoms with E-state index in [1.807, 2.05) is 32.9 Å². The topological polar surface area (TPSA) is 38.7 Å². The fourth-order valence-electron chi connectivity index (χ4n) is 2.21. The lowest BCUT2D eigenvalue weighted by Gasteiger charge is -2.12. The number of hydrogen-bond donors (Lipinski definition) is 0. The minimum absolute atomic E-state index is 0.0550. The van der Waals surface area contributed by atoms with Crippen LogP contribution in [-0.2, 0) is 0 Å². The Morgan fingerprint density at radius 3 is 1.50 bits per heavy atom. The van der Waals surface area contributed by atoms with E-state index in [1.165, 1.54) is 0 Å². The largest absolute Gasteiger partial charge is 0.398 e. The van der Waals surface area contributed by atoms with Gasteiger partial charge in [-0.25, -0.2) is 0 Å². The molecule has 0 radical (unpaired) electrons. The highest BCUT2D eigenvalue weighted by atomic mass is 32.2. The second-order valence-electron chi connectivity index (χ2n) is 5.82. The summed E-state index contributed by atoms with van der Waals surface area (Å²) in [5.41, 5.74) is 2.87. The van der Waals surface area contributed by atoms with Crippen molar-refractivity contribution in [3.63, 3.8) is 0 Å². The molecule has 2 aromatic rings. The van der Waals surface area contributed by atoms with Gasteiger partial charge in [0.25, 0.3) is 0 Å². The van der Waals surface area contributed by atoms with Crippen molar-refractivity contribution in [2.75, 3.05) is 11.5 Å². The lowest BCUT2D eigenvalue weighted by atomic mass is 10.1. The second kappa shape index (κ2) is 9.12. The van der Waals surface area contributed by atoms with Gasteiger partial charge in [-0.05, 0) is 43.7 Å². The van der Waals surface area contributed by atoms with E-state index in [9.17, 15) is 26.3 Å². The molecule has 28 heavy (non-hydrogen) atoms. The average molecular weight is 460 g/mol. The minimum atomic E-state index is -4.45. The Morgan fingerprint density at radius 1 is 0.714 bits per heavy atom. The molecule has 3 nitrogen and oxygen atoms in total. The van der Waals surface area contributed by atoms with Crippen LogP contribution in [0.25, 0.3) is 0 Å². The van der Waals surface area contributed by atoms with E-state index in [4.69, 9.17) is 0 Å². The molecule has 0 atom stereocenters. The van der Waals surface area contributed by atoms with E-state index in [1.54, 1.807) is 0 Å². The van der Waals surface area contributed by atoms with Crippen molar-refractivity contribution in [2.45, 2.75) is 53.5 Å². The van der Waals surface area contributed by atoms with Crippen LogP contribution in [-0.4, -0.2) is 38.8 Å². The van der Waals surface area contributed by atoms with Crippen LogP contribution in [0.4, 0.5) is 26.3 Å². The highest BCUT2D eigenvalue weighted by Crippen LogP contribution is 2.35. The molecule has 1 aromatic heterocycles. The summed E-state index contributed by atoms with van der Waals surface area (Å²) < 4.78 is 74.9. The van der Waals surface area contributed by atoms with Crippen molar-refractivity contribution in [3.05, 3.63) is 28.8 Å². The van der Waals surface area contributed by atoms with Crippen LogP contribution in [0.3, 0.4) is 0 Å². The number of aryl methyl sites for hydroxylation is 3. The van der Waals surface area contributed by atoms with Gasteiger partial charge in [-0.2, -0.15) is 41.3 Å². The summed E-state index contributed by atoms with van der Waals surface area (Å²) in [7, 11) is 0. The van der Waals surface area contributed by atoms with Crippen LogP contribution in [0.5, 0.6) is 0 Å². The Balaban J connectivity index is 2.33. The molecule has 0 saturated carbocycles. The zero-order chi connectivity index (χ0) is 21.1. The van der Waals surface area contributed by atoms with Crippen LogP contribution in [0.1, 0.15) is 16.7 Å². The van der Waals surface area contributed by atoms with Crippen molar-refractivity contribution in [1.29, 1.82) is 0 Å². The van der Waals surface area contributed by atoms with Crippen molar-refractivity contribution in [3.8, 4) is 0 Å². The Morgan fingerprint density at radius 2 is 1.11 bits per heavy atom. The molecule has 0 aliphatic rings. The lowest BCUT2D eigenvalue weighted by molar-refractivity contribution is -0.106. The van der Waals surface area contributed by atoms with Gasteiger partial charge in [0, 0.05) is 4.90 Å². The van der Waals surface area contributed by atoms with Gasteiger partial charge in [0.05, 0.1) is 11.5 Å². The van der Waals surface area contributed by atoms with Gasteiger partial charge in [0.2, 0.25) is 0 Å². The molecule has 12 heteroatoms. The van der Waals surface area contributed by atoms with Gasteiger partial charge in [-0.3, -0.25) is 0 Å². The Bertz CT molecular complexity index is 780. The number of benzene rings is 1. The predicted molar refractivity (Wildman–Crippen MR) is 98.2 cm³/mol. The quantitative estimate of drug-likeness (QED) is 0.375. The summed E-state index contributed by atoms with van der Waals surface area (Å²) in [4.78, 5) is 12.5. The van der Waals surface area contributed by atoms with Gasteiger partial charge >= 0.3 is 12.4 Å². The molecule has 0 aliphatic carbocycles. The van der Waals surface area contributed by atoms with Gasteiger partial charge < -0.3 is 0 Å². The number of aromatic nitrogens is 3. The fourth-order valence-corrected chi connectivity index (χ4v) is 4.46. The van der Waals surface area contributed by atoms with Crippen molar-refractivity contribution < 1.29 is 26.3 Å². The maximum Gasteiger partial charge on any atom is 0.398 e. The van der Waals surface area contributed by atoms with Crippen molar-refractivity contribution >= 4 is 35.3 Å². The Hall–Kier alpha value is -1.14. The molecule has 0 saturated heterocycles. The number of hydrogen-bond acceptors (Lipinski definition) is 6. The summed E-state index contributed by atoms with van der Waals surface area (Å²) in [6, 6.07) is 3.85. The van der Waals surface area contributed by atoms with Gasteiger partial charge in [0.15, 0.2) is 15.5 Å². The molecular formula is C16H15F6N3S3. The van der Waals surface area contributed by atoms with E-state index in [-0.39, 0.29) is 15.5 Å². The molecule has 154 valence electrons. The zero-order valence-corrected chi connectivity index (χ0v) is 17.4. The number of thioether (sulfide) groups is 2. The van der Waals surface area contributed by atoms with Gasteiger partial charge in [-0.1, -0.05) is 41.2 Å². The number of alkyl halides is 6. The Labute approximate surface area is 170 Å². The van der Waals surface area contributed by atoms with Gasteiger partial charge in [-0.15, -0.1) is 0 Å². The molecule has 0 spiro atoms. The van der Waals surface area contributed by atoms with Crippen molar-refractivity contribution in [2.24, 2.45) is 0 Å². The second-order valence-corrected chi connectivity index (χ2v) is 8.68. The van der Waals surface area contributed by atoms with Crippen LogP contribution in [0.2, 0.25) is 0 Å². The maximum atomic E-state index is 12.5. The molecule has 2 rings (SSSR count). The number of rotatable bonds is 6. The third-order valence-corrected chi connectivity index (χ3v) is 6.14. The molecule has 0 bridgehead atoms. The molecule has 0 unspecified atom stereocenters. The lowest BCUT2D eigenvalue weighted by Crippen LogP contribution is -2.13. The van der Waals surface area contributed by atoms with Crippen LogP contribution < -0.4 is 0 Å². The molecule has 0 N–H and O–H groups in total. The molecular weight excluding hydrogens is 444 g/mol. The number of halogens is 6. The van der Waals surface area contributed by atoms with Crippen LogP contribution >= 0.6 is 35.3 Å². The summed E-state index contributed by atoms with van der Waals surface area (Å²) >= 11 is 1.72. The van der Waals surface area contributed by atoms with Crippen molar-refractivity contribution in [1.82, 2.24) is 15.0 Å². The highest BCUT2D eigenvalue weighted by molar-refractivity contribution is 8.00. The Kier molecular flexibility index (Phi) is 7.54. The fraction of sp³-hybridized carbons (Fsp3) is 0.438. The third-order valence-electron chi connectivity index (χ3n) is 3.10. The first kappa shape index (κ1) is 23.1. The predicted octanol–water partition coefficient (Wildman–Crippen LogP) is 6.26. The molecule has 0 fully saturated rings. The first-order valence-corrected chi connectivity index (χ1v) is 10.5. The molecule has 1 aromatic carbocycles. The maximum absolute atomic E-state index is 12.5. The zero-order valence-electron chi connectivity index (χ0n) is 14.9. The normalized spacial score (nSPS) is 12.5. The molecule has 0 amide bonds. The molecule has 1 heterocycles. The highest BCUT2D eigenvalue weighted by Gasteiger charge is 2.30. The summed E-state index contributed by atoms with van der Waals surface area (Å²) in [5.74, 6) is -2.49. The average Bonchev–Trinajstić information content (AvgIpc) is 2.53. The first-order chi connectivity index (χ1) is 12.8. The van der Waals surface area contributed by atoms with E-state index in [0.717, 1.165) is 33.3 Å². The van der Waals surface area contributed by atoms with E-state index in [0.29, 0.717) is 23.5 Å². The number of nitrogens with zero attached hydrogens (tertiary/aromatic N) is 3. The summed E-state index contributed by atoms with van der Waals surface area (Å²) in [6.07, 6.45) is -8.90. The summed E-state index contributed by atoms with van der Waals surface area (Å²) in [6.45, 7) is 5.65. The third kappa shape index (κ3) is 7.70. The van der Waals surface area contributed by atoms with E-state index < -0.39 is 23.9 Å². The first-order valence-electron chi connectivity index (χ1n) is 7.73.